The largest absolute Gasteiger partial charge is 0.379 e. The number of rotatable bonds is 9. The maximum Gasteiger partial charge on any atom is 0.254 e. The van der Waals surface area contributed by atoms with E-state index in [2.05, 4.69) is 34.2 Å². The lowest BCUT2D eigenvalue weighted by molar-refractivity contribution is -0.127. The molecular formula is C27H37N5O3S. The number of thioether (sulfide) groups is 1. The molecule has 36 heavy (non-hydrogen) atoms. The Labute approximate surface area is 218 Å². The van der Waals surface area contributed by atoms with Crippen molar-refractivity contribution in [2.45, 2.75) is 40.2 Å². The minimum Gasteiger partial charge on any atom is -0.379 e. The minimum absolute atomic E-state index is 0.000217. The van der Waals surface area contributed by atoms with Crippen LogP contribution in [0.2, 0.25) is 0 Å². The first-order valence-corrected chi connectivity index (χ1v) is 13.7. The van der Waals surface area contributed by atoms with E-state index >= 15 is 0 Å². The second-order valence-electron chi connectivity index (χ2n) is 9.21. The molecule has 1 aromatic carbocycles. The molecule has 0 saturated carbocycles. The Morgan fingerprint density at radius 2 is 1.89 bits per heavy atom. The standard InChI is InChI=1S/C27H37N5O3S/c1-5-31(6-2)26(34)24-20(4)29-27-32(25(24)22-10-8-7-9-19(22)3)21(18-36-27)17-23(33)28-11-12-30-13-15-35-16-14-30/h7-10,18,25H,5-6,11-17H2,1-4H3,(H,28,33). The molecule has 3 heterocycles. The zero-order valence-corrected chi connectivity index (χ0v) is 22.6. The summed E-state index contributed by atoms with van der Waals surface area (Å²) in [6, 6.07) is 7.84. The Morgan fingerprint density at radius 1 is 1.17 bits per heavy atom. The van der Waals surface area contributed by atoms with E-state index < -0.39 is 0 Å². The highest BCUT2D eigenvalue weighted by Gasteiger charge is 2.41. The van der Waals surface area contributed by atoms with Gasteiger partial charge in [0.15, 0.2) is 5.17 Å². The molecular weight excluding hydrogens is 474 g/mol. The molecule has 4 rings (SSSR count). The molecule has 3 aliphatic heterocycles. The number of fused-ring (bicyclic) bond motifs is 1. The monoisotopic (exact) mass is 511 g/mol. The molecule has 1 fully saturated rings. The fraction of sp³-hybridized carbons (Fsp3) is 0.519. The number of amides is 2. The molecule has 0 bridgehead atoms. The lowest BCUT2D eigenvalue weighted by atomic mass is 9.90. The summed E-state index contributed by atoms with van der Waals surface area (Å²) in [5, 5.41) is 5.89. The van der Waals surface area contributed by atoms with Crippen molar-refractivity contribution in [1.82, 2.24) is 20.0 Å². The number of aryl methyl sites for hydroxylation is 1. The smallest absolute Gasteiger partial charge is 0.254 e. The Hall–Kier alpha value is -2.62. The van der Waals surface area contributed by atoms with Gasteiger partial charge in [-0.15, -0.1) is 0 Å². The number of carbonyl (C=O) groups excluding carboxylic acids is 2. The molecule has 194 valence electrons. The Morgan fingerprint density at radius 3 is 2.58 bits per heavy atom. The van der Waals surface area contributed by atoms with Gasteiger partial charge >= 0.3 is 0 Å². The number of allylic oxidation sites excluding steroid dienone is 1. The van der Waals surface area contributed by atoms with Gasteiger partial charge in [0.05, 0.1) is 36.9 Å². The van der Waals surface area contributed by atoms with E-state index in [0.29, 0.717) is 25.2 Å². The first-order valence-electron chi connectivity index (χ1n) is 12.8. The fourth-order valence-corrected chi connectivity index (χ4v) is 5.88. The fourth-order valence-electron chi connectivity index (χ4n) is 4.92. The molecule has 0 radical (unpaired) electrons. The van der Waals surface area contributed by atoms with Gasteiger partial charge in [0, 0.05) is 45.0 Å². The molecule has 3 aliphatic rings. The summed E-state index contributed by atoms with van der Waals surface area (Å²) in [4.78, 5) is 37.7. The zero-order chi connectivity index (χ0) is 25.7. The van der Waals surface area contributed by atoms with Crippen LogP contribution in [0.3, 0.4) is 0 Å². The predicted molar refractivity (Wildman–Crippen MR) is 144 cm³/mol. The molecule has 0 aliphatic carbocycles. The number of hydrogen-bond donors (Lipinski definition) is 1. The summed E-state index contributed by atoms with van der Waals surface area (Å²) >= 11 is 1.52. The van der Waals surface area contributed by atoms with E-state index in [4.69, 9.17) is 9.73 Å². The average Bonchev–Trinajstić information content (AvgIpc) is 3.26. The van der Waals surface area contributed by atoms with Gasteiger partial charge < -0.3 is 19.9 Å². The lowest BCUT2D eigenvalue weighted by Crippen LogP contribution is -2.43. The van der Waals surface area contributed by atoms with Gasteiger partial charge in [0.2, 0.25) is 5.91 Å². The quantitative estimate of drug-likeness (QED) is 0.548. The van der Waals surface area contributed by atoms with Gasteiger partial charge in [-0.3, -0.25) is 14.5 Å². The van der Waals surface area contributed by atoms with Crippen LogP contribution < -0.4 is 5.32 Å². The summed E-state index contributed by atoms with van der Waals surface area (Å²) in [6.07, 6.45) is 0.239. The van der Waals surface area contributed by atoms with Crippen LogP contribution >= 0.6 is 11.8 Å². The molecule has 1 saturated heterocycles. The number of benzene rings is 1. The van der Waals surface area contributed by atoms with Crippen LogP contribution in [0.4, 0.5) is 0 Å². The van der Waals surface area contributed by atoms with E-state index in [9.17, 15) is 9.59 Å². The number of hydrogen-bond acceptors (Lipinski definition) is 7. The third-order valence-corrected chi connectivity index (χ3v) is 7.85. The van der Waals surface area contributed by atoms with Gasteiger partial charge in [-0.2, -0.15) is 0 Å². The minimum atomic E-state index is -0.325. The Bertz CT molecular complexity index is 1070. The number of morpholine rings is 1. The average molecular weight is 512 g/mol. The molecule has 8 nitrogen and oxygen atoms in total. The number of carbonyl (C=O) groups is 2. The van der Waals surface area contributed by atoms with E-state index in [0.717, 1.165) is 60.5 Å². The van der Waals surface area contributed by atoms with Crippen LogP contribution in [0.1, 0.15) is 44.4 Å². The zero-order valence-electron chi connectivity index (χ0n) is 21.7. The molecule has 2 amide bonds. The van der Waals surface area contributed by atoms with Crippen LogP contribution in [-0.2, 0) is 14.3 Å². The van der Waals surface area contributed by atoms with Crippen LogP contribution in [0, 0.1) is 6.92 Å². The summed E-state index contributed by atoms with van der Waals surface area (Å²) in [5.74, 6) is -0.0254. The number of likely N-dealkylation sites (N-methyl/N-ethyl adjacent to an activating group) is 1. The second-order valence-corrected chi connectivity index (χ2v) is 10.0. The Kier molecular flexibility index (Phi) is 8.87. The summed E-state index contributed by atoms with van der Waals surface area (Å²) in [5.41, 5.74) is 4.45. The Balaban J connectivity index is 1.56. The molecule has 1 atom stereocenters. The van der Waals surface area contributed by atoms with Crippen molar-refractivity contribution >= 4 is 28.7 Å². The van der Waals surface area contributed by atoms with Gasteiger partial charge in [-0.25, -0.2) is 4.99 Å². The normalized spacial score (nSPS) is 20.1. The van der Waals surface area contributed by atoms with Crippen molar-refractivity contribution in [2.75, 3.05) is 52.5 Å². The lowest BCUT2D eigenvalue weighted by Gasteiger charge is -2.38. The highest BCUT2D eigenvalue weighted by atomic mass is 32.2. The number of nitrogens with zero attached hydrogens (tertiary/aromatic N) is 4. The molecule has 0 aromatic heterocycles. The number of aliphatic imine (C=N–C) groups is 1. The van der Waals surface area contributed by atoms with Crippen LogP contribution in [0.25, 0.3) is 0 Å². The topological polar surface area (TPSA) is 77.5 Å². The third kappa shape index (κ3) is 5.68. The van der Waals surface area contributed by atoms with Crippen molar-refractivity contribution in [1.29, 1.82) is 0 Å². The van der Waals surface area contributed by atoms with Crippen molar-refractivity contribution in [3.05, 3.63) is 57.8 Å². The SMILES string of the molecule is CCN(CC)C(=O)C1=C(C)N=C2SC=C(CC(=O)NCCN3CCOCC3)N2C1c1ccccc1C. The number of ether oxygens (including phenoxy) is 1. The van der Waals surface area contributed by atoms with Gasteiger partial charge in [0.25, 0.3) is 5.91 Å². The van der Waals surface area contributed by atoms with Crippen molar-refractivity contribution in [2.24, 2.45) is 4.99 Å². The predicted octanol–water partition coefficient (Wildman–Crippen LogP) is 3.28. The van der Waals surface area contributed by atoms with Crippen molar-refractivity contribution in [3.63, 3.8) is 0 Å². The van der Waals surface area contributed by atoms with Crippen LogP contribution in [0.15, 0.2) is 51.6 Å². The van der Waals surface area contributed by atoms with Crippen molar-refractivity contribution in [3.8, 4) is 0 Å². The highest BCUT2D eigenvalue weighted by molar-refractivity contribution is 8.16. The number of nitrogens with one attached hydrogen (secondary N) is 1. The summed E-state index contributed by atoms with van der Waals surface area (Å²) in [7, 11) is 0. The third-order valence-electron chi connectivity index (χ3n) is 6.96. The molecule has 1 N–H and O–H groups in total. The first kappa shape index (κ1) is 26.4. The van der Waals surface area contributed by atoms with Gasteiger partial charge in [-0.05, 0) is 44.2 Å². The molecule has 1 unspecified atom stereocenters. The van der Waals surface area contributed by atoms with E-state index in [1.54, 1.807) is 0 Å². The van der Waals surface area contributed by atoms with Crippen molar-refractivity contribution < 1.29 is 14.3 Å². The van der Waals surface area contributed by atoms with Gasteiger partial charge in [0.1, 0.15) is 0 Å². The second kappa shape index (κ2) is 12.1. The maximum absolute atomic E-state index is 13.7. The maximum atomic E-state index is 13.7. The van der Waals surface area contributed by atoms with Crippen LogP contribution in [-0.4, -0.2) is 84.2 Å². The van der Waals surface area contributed by atoms with E-state index in [1.165, 1.54) is 11.8 Å². The van der Waals surface area contributed by atoms with Crippen LogP contribution in [0.5, 0.6) is 0 Å². The highest BCUT2D eigenvalue weighted by Crippen LogP contribution is 2.45. The summed E-state index contributed by atoms with van der Waals surface area (Å²) < 4.78 is 5.40. The molecule has 9 heteroatoms. The van der Waals surface area contributed by atoms with E-state index in [1.807, 2.05) is 43.2 Å². The number of amidine groups is 1. The first-order chi connectivity index (χ1) is 17.4. The van der Waals surface area contributed by atoms with E-state index in [-0.39, 0.29) is 24.3 Å². The summed E-state index contributed by atoms with van der Waals surface area (Å²) in [6.45, 7) is 14.0. The van der Waals surface area contributed by atoms with Gasteiger partial charge in [-0.1, -0.05) is 36.0 Å². The molecule has 1 aromatic rings. The molecule has 0 spiro atoms.